The molecule has 0 saturated carbocycles. The van der Waals surface area contributed by atoms with E-state index >= 15 is 0 Å². The van der Waals surface area contributed by atoms with Crippen LogP contribution in [0.25, 0.3) is 0 Å². The fraction of sp³-hybridized carbons (Fsp3) is 0.500. The molecule has 0 bridgehead atoms. The van der Waals surface area contributed by atoms with Crippen molar-refractivity contribution in [2.24, 2.45) is 5.73 Å². The van der Waals surface area contributed by atoms with Crippen LogP contribution in [0.5, 0.6) is 11.5 Å². The lowest BCUT2D eigenvalue weighted by Crippen LogP contribution is -2.35. The van der Waals surface area contributed by atoms with Crippen molar-refractivity contribution in [3.8, 4) is 11.5 Å². The van der Waals surface area contributed by atoms with Crippen molar-refractivity contribution in [2.45, 2.75) is 19.9 Å². The van der Waals surface area contributed by atoms with E-state index in [1.807, 2.05) is 19.2 Å². The van der Waals surface area contributed by atoms with Crippen molar-refractivity contribution < 1.29 is 9.47 Å². The molecule has 1 atom stereocenters. The summed E-state index contributed by atoms with van der Waals surface area (Å²) >= 11 is 0. The number of rotatable bonds is 3. The highest BCUT2D eigenvalue weighted by atomic mass is 16.7. The number of likely N-dealkylation sites (N-methyl/N-ethyl adjacent to an activating group) is 1. The molecule has 1 heterocycles. The second-order valence-corrected chi connectivity index (χ2v) is 4.19. The van der Waals surface area contributed by atoms with Crippen molar-refractivity contribution in [3.05, 3.63) is 17.7 Å². The van der Waals surface area contributed by atoms with Crippen LogP contribution in [0.1, 0.15) is 12.5 Å². The lowest BCUT2D eigenvalue weighted by molar-refractivity contribution is 0.174. The first-order valence-electron chi connectivity index (χ1n) is 5.46. The Morgan fingerprint density at radius 1 is 1.38 bits per heavy atom. The third kappa shape index (κ3) is 1.80. The zero-order chi connectivity index (χ0) is 11.7. The zero-order valence-corrected chi connectivity index (χ0v) is 9.99. The highest BCUT2D eigenvalue weighted by molar-refractivity contribution is 5.62. The topological polar surface area (TPSA) is 47.7 Å². The van der Waals surface area contributed by atoms with Crippen LogP contribution in [0.15, 0.2) is 12.1 Å². The summed E-state index contributed by atoms with van der Waals surface area (Å²) < 4.78 is 10.7. The van der Waals surface area contributed by atoms with Gasteiger partial charge in [-0.05, 0) is 25.5 Å². The Labute approximate surface area is 95.9 Å². The third-order valence-corrected chi connectivity index (χ3v) is 3.07. The standard InChI is InChI=1S/C12H18N2O2/c1-8-4-11-12(16-7-15-11)5-10(8)14(3)9(2)6-13/h4-5,9H,6-7,13H2,1-3H3. The van der Waals surface area contributed by atoms with Crippen LogP contribution in [0.4, 0.5) is 5.69 Å². The van der Waals surface area contributed by atoms with E-state index in [9.17, 15) is 0 Å². The van der Waals surface area contributed by atoms with Gasteiger partial charge in [0.1, 0.15) is 0 Å². The summed E-state index contributed by atoms with van der Waals surface area (Å²) in [5.74, 6) is 1.65. The quantitative estimate of drug-likeness (QED) is 0.842. The van der Waals surface area contributed by atoms with Gasteiger partial charge in [0.05, 0.1) is 0 Å². The minimum absolute atomic E-state index is 0.305. The number of hydrogen-bond acceptors (Lipinski definition) is 4. The molecule has 4 nitrogen and oxygen atoms in total. The van der Waals surface area contributed by atoms with Gasteiger partial charge in [-0.25, -0.2) is 0 Å². The van der Waals surface area contributed by atoms with Crippen molar-refractivity contribution in [2.75, 3.05) is 25.3 Å². The molecular formula is C12H18N2O2. The molecule has 4 heteroatoms. The number of fused-ring (bicyclic) bond motifs is 1. The Balaban J connectivity index is 2.34. The maximum atomic E-state index is 5.68. The van der Waals surface area contributed by atoms with Crippen molar-refractivity contribution in [1.29, 1.82) is 0 Å². The normalized spacial score (nSPS) is 15.0. The first-order valence-corrected chi connectivity index (χ1v) is 5.46. The molecule has 1 aromatic carbocycles. The molecule has 1 aromatic rings. The van der Waals surface area contributed by atoms with E-state index in [0.717, 1.165) is 17.2 Å². The summed E-state index contributed by atoms with van der Waals surface area (Å²) in [7, 11) is 2.04. The van der Waals surface area contributed by atoms with E-state index in [4.69, 9.17) is 15.2 Å². The Hall–Kier alpha value is -1.42. The number of ether oxygens (including phenoxy) is 2. The monoisotopic (exact) mass is 222 g/mol. The molecule has 0 saturated heterocycles. The van der Waals surface area contributed by atoms with Crippen LogP contribution < -0.4 is 20.1 Å². The molecule has 88 valence electrons. The summed E-state index contributed by atoms with van der Waals surface area (Å²) in [5, 5.41) is 0. The van der Waals surface area contributed by atoms with E-state index < -0.39 is 0 Å². The third-order valence-electron chi connectivity index (χ3n) is 3.07. The van der Waals surface area contributed by atoms with Crippen LogP contribution in [0.2, 0.25) is 0 Å². The molecule has 2 N–H and O–H groups in total. The van der Waals surface area contributed by atoms with E-state index in [0.29, 0.717) is 19.4 Å². The summed E-state index contributed by atoms with van der Waals surface area (Å²) in [5.41, 5.74) is 7.99. The van der Waals surface area contributed by atoms with Crippen LogP contribution in [-0.4, -0.2) is 26.4 Å². The van der Waals surface area contributed by atoms with E-state index in [1.54, 1.807) is 0 Å². The van der Waals surface area contributed by atoms with Crippen LogP contribution in [0, 0.1) is 6.92 Å². The molecule has 0 aromatic heterocycles. The molecule has 16 heavy (non-hydrogen) atoms. The molecule has 1 aliphatic rings. The highest BCUT2D eigenvalue weighted by Crippen LogP contribution is 2.38. The van der Waals surface area contributed by atoms with Crippen LogP contribution in [0.3, 0.4) is 0 Å². The van der Waals surface area contributed by atoms with E-state index in [1.165, 1.54) is 5.56 Å². The smallest absolute Gasteiger partial charge is 0.231 e. The largest absolute Gasteiger partial charge is 0.454 e. The molecular weight excluding hydrogens is 204 g/mol. The van der Waals surface area contributed by atoms with Gasteiger partial charge in [0, 0.05) is 31.4 Å². The van der Waals surface area contributed by atoms with E-state index in [-0.39, 0.29) is 0 Å². The maximum Gasteiger partial charge on any atom is 0.231 e. The minimum atomic E-state index is 0.305. The Kier molecular flexibility index (Phi) is 2.92. The van der Waals surface area contributed by atoms with Gasteiger partial charge in [0.25, 0.3) is 0 Å². The number of aryl methyl sites for hydroxylation is 1. The predicted octanol–water partition coefficient (Wildman–Crippen LogP) is 1.51. The van der Waals surface area contributed by atoms with Gasteiger partial charge < -0.3 is 20.1 Å². The molecule has 0 amide bonds. The molecule has 0 aliphatic carbocycles. The first kappa shape index (κ1) is 11.1. The highest BCUT2D eigenvalue weighted by Gasteiger charge is 2.18. The fourth-order valence-electron chi connectivity index (χ4n) is 1.81. The summed E-state index contributed by atoms with van der Waals surface area (Å²) in [6.07, 6.45) is 0. The Morgan fingerprint density at radius 2 is 2.00 bits per heavy atom. The number of anilines is 1. The average Bonchev–Trinajstić information content (AvgIpc) is 2.72. The molecule has 1 unspecified atom stereocenters. The minimum Gasteiger partial charge on any atom is -0.454 e. The lowest BCUT2D eigenvalue weighted by atomic mass is 10.1. The fourth-order valence-corrected chi connectivity index (χ4v) is 1.81. The summed E-state index contributed by atoms with van der Waals surface area (Å²) in [4.78, 5) is 2.16. The number of hydrogen-bond donors (Lipinski definition) is 1. The van der Waals surface area contributed by atoms with Crippen LogP contribution >= 0.6 is 0 Å². The van der Waals surface area contributed by atoms with Crippen molar-refractivity contribution in [1.82, 2.24) is 0 Å². The molecule has 0 radical (unpaired) electrons. The molecule has 1 aliphatic heterocycles. The van der Waals surface area contributed by atoms with Gasteiger partial charge in [0.2, 0.25) is 6.79 Å². The van der Waals surface area contributed by atoms with Gasteiger partial charge in [-0.3, -0.25) is 0 Å². The first-order chi connectivity index (χ1) is 7.63. The lowest BCUT2D eigenvalue weighted by Gasteiger charge is -2.27. The Morgan fingerprint density at radius 3 is 2.62 bits per heavy atom. The predicted molar refractivity (Wildman–Crippen MR) is 64.2 cm³/mol. The number of nitrogens with zero attached hydrogens (tertiary/aromatic N) is 1. The van der Waals surface area contributed by atoms with Gasteiger partial charge in [-0.1, -0.05) is 0 Å². The maximum absolute atomic E-state index is 5.68. The number of nitrogens with two attached hydrogens (primary N) is 1. The van der Waals surface area contributed by atoms with Crippen molar-refractivity contribution in [3.63, 3.8) is 0 Å². The molecule has 2 rings (SSSR count). The van der Waals surface area contributed by atoms with Gasteiger partial charge >= 0.3 is 0 Å². The van der Waals surface area contributed by atoms with Gasteiger partial charge in [-0.2, -0.15) is 0 Å². The molecule has 0 spiro atoms. The summed E-state index contributed by atoms with van der Waals surface area (Å²) in [6, 6.07) is 4.33. The van der Waals surface area contributed by atoms with Gasteiger partial charge in [0.15, 0.2) is 11.5 Å². The van der Waals surface area contributed by atoms with Crippen LogP contribution in [-0.2, 0) is 0 Å². The number of benzene rings is 1. The second kappa shape index (κ2) is 4.22. The SMILES string of the molecule is Cc1cc2c(cc1N(C)C(C)CN)OCO2. The molecule has 0 fully saturated rings. The van der Waals surface area contributed by atoms with Gasteiger partial charge in [-0.15, -0.1) is 0 Å². The van der Waals surface area contributed by atoms with Crippen molar-refractivity contribution >= 4 is 5.69 Å². The summed E-state index contributed by atoms with van der Waals surface area (Å²) in [6.45, 7) is 5.11. The average molecular weight is 222 g/mol. The Bertz CT molecular complexity index is 393. The zero-order valence-electron chi connectivity index (χ0n) is 9.99. The second-order valence-electron chi connectivity index (χ2n) is 4.19. The van der Waals surface area contributed by atoms with E-state index in [2.05, 4.69) is 18.7 Å².